The van der Waals surface area contributed by atoms with Gasteiger partial charge >= 0.3 is 0 Å². The zero-order valence-electron chi connectivity index (χ0n) is 11.3. The Morgan fingerprint density at radius 3 is 2.63 bits per heavy atom. The third-order valence-corrected chi connectivity index (χ3v) is 4.89. The molecule has 0 heterocycles. The summed E-state index contributed by atoms with van der Waals surface area (Å²) in [6.45, 7) is 4.18. The molecular formula is C13H21ClN2O2S. The SMILES string of the molecule is CCCCC(CN)NS(=O)(=O)c1ccc(C)c(Cl)c1. The molecule has 0 fully saturated rings. The molecule has 0 spiro atoms. The first-order valence-electron chi connectivity index (χ1n) is 6.39. The van der Waals surface area contributed by atoms with Crippen LogP contribution in [0.4, 0.5) is 0 Å². The van der Waals surface area contributed by atoms with E-state index in [0.29, 0.717) is 11.6 Å². The second-order valence-electron chi connectivity index (χ2n) is 4.61. The highest BCUT2D eigenvalue weighted by atomic mass is 35.5. The van der Waals surface area contributed by atoms with Crippen molar-refractivity contribution in [1.82, 2.24) is 4.72 Å². The summed E-state index contributed by atoms with van der Waals surface area (Å²) in [4.78, 5) is 0.179. The molecule has 4 nitrogen and oxygen atoms in total. The Labute approximate surface area is 120 Å². The molecule has 0 aromatic heterocycles. The fourth-order valence-electron chi connectivity index (χ4n) is 1.70. The molecule has 1 atom stereocenters. The number of hydrogen-bond donors (Lipinski definition) is 2. The number of aryl methyl sites for hydroxylation is 1. The molecule has 108 valence electrons. The number of unbranched alkanes of at least 4 members (excludes halogenated alkanes) is 1. The zero-order valence-corrected chi connectivity index (χ0v) is 12.9. The van der Waals surface area contributed by atoms with Gasteiger partial charge in [0, 0.05) is 17.6 Å². The van der Waals surface area contributed by atoms with Crippen molar-refractivity contribution < 1.29 is 8.42 Å². The van der Waals surface area contributed by atoms with Crippen LogP contribution in [0, 0.1) is 6.92 Å². The van der Waals surface area contributed by atoms with E-state index in [9.17, 15) is 8.42 Å². The third-order valence-electron chi connectivity index (χ3n) is 2.97. The monoisotopic (exact) mass is 304 g/mol. The normalized spacial score (nSPS) is 13.5. The average molecular weight is 305 g/mol. The lowest BCUT2D eigenvalue weighted by Gasteiger charge is -2.17. The van der Waals surface area contributed by atoms with Crippen LogP contribution in [0.2, 0.25) is 5.02 Å². The van der Waals surface area contributed by atoms with Crippen LogP contribution in [0.25, 0.3) is 0 Å². The fourth-order valence-corrected chi connectivity index (χ4v) is 3.26. The number of rotatable bonds is 7. The van der Waals surface area contributed by atoms with Gasteiger partial charge in [-0.25, -0.2) is 13.1 Å². The van der Waals surface area contributed by atoms with E-state index in [0.717, 1.165) is 24.8 Å². The summed E-state index contributed by atoms with van der Waals surface area (Å²) in [5, 5.41) is 0.445. The van der Waals surface area contributed by atoms with E-state index < -0.39 is 10.0 Å². The first-order chi connectivity index (χ1) is 8.90. The Morgan fingerprint density at radius 2 is 2.11 bits per heavy atom. The molecule has 6 heteroatoms. The highest BCUT2D eigenvalue weighted by molar-refractivity contribution is 7.89. The Kier molecular flexibility index (Phi) is 6.26. The van der Waals surface area contributed by atoms with Crippen LogP contribution in [0.15, 0.2) is 23.1 Å². The van der Waals surface area contributed by atoms with Crippen molar-refractivity contribution >= 4 is 21.6 Å². The minimum absolute atomic E-state index is 0.179. The number of benzene rings is 1. The molecule has 3 N–H and O–H groups in total. The summed E-state index contributed by atoms with van der Waals surface area (Å²) in [6, 6.07) is 4.48. The molecular weight excluding hydrogens is 284 g/mol. The van der Waals surface area contributed by atoms with Crippen LogP contribution in [0.5, 0.6) is 0 Å². The summed E-state index contributed by atoms with van der Waals surface area (Å²) in [5.74, 6) is 0. The maximum atomic E-state index is 12.2. The Bertz CT molecular complexity index is 517. The van der Waals surface area contributed by atoms with Crippen molar-refractivity contribution in [2.45, 2.75) is 44.0 Å². The molecule has 0 saturated heterocycles. The lowest BCUT2D eigenvalue weighted by molar-refractivity contribution is 0.516. The van der Waals surface area contributed by atoms with Crippen molar-refractivity contribution in [3.8, 4) is 0 Å². The van der Waals surface area contributed by atoms with Crippen molar-refractivity contribution in [2.24, 2.45) is 5.73 Å². The molecule has 1 aromatic rings. The van der Waals surface area contributed by atoms with E-state index in [1.807, 2.05) is 6.92 Å². The zero-order chi connectivity index (χ0) is 14.5. The van der Waals surface area contributed by atoms with Gasteiger partial charge < -0.3 is 5.73 Å². The third kappa shape index (κ3) is 4.76. The highest BCUT2D eigenvalue weighted by Gasteiger charge is 2.19. The van der Waals surface area contributed by atoms with Gasteiger partial charge in [-0.1, -0.05) is 37.4 Å². The Balaban J connectivity index is 2.87. The second-order valence-corrected chi connectivity index (χ2v) is 6.73. The summed E-state index contributed by atoms with van der Waals surface area (Å²) < 4.78 is 27.0. The number of halogens is 1. The maximum Gasteiger partial charge on any atom is 0.240 e. The van der Waals surface area contributed by atoms with E-state index >= 15 is 0 Å². The molecule has 0 aliphatic rings. The van der Waals surface area contributed by atoms with Crippen LogP contribution < -0.4 is 10.5 Å². The molecule has 0 amide bonds. The van der Waals surface area contributed by atoms with Crippen molar-refractivity contribution in [3.05, 3.63) is 28.8 Å². The van der Waals surface area contributed by atoms with Crippen LogP contribution >= 0.6 is 11.6 Å². The summed E-state index contributed by atoms with van der Waals surface area (Å²) in [5.41, 5.74) is 6.45. The topological polar surface area (TPSA) is 72.2 Å². The van der Waals surface area contributed by atoms with Crippen LogP contribution in [0.1, 0.15) is 31.7 Å². The predicted octanol–water partition coefficient (Wildman–Crippen LogP) is 2.44. The molecule has 0 radical (unpaired) electrons. The van der Waals surface area contributed by atoms with Crippen LogP contribution in [-0.2, 0) is 10.0 Å². The number of hydrogen-bond acceptors (Lipinski definition) is 3. The van der Waals surface area contributed by atoms with Gasteiger partial charge in [-0.05, 0) is 31.0 Å². The molecule has 1 rings (SSSR count). The average Bonchev–Trinajstić information content (AvgIpc) is 2.37. The van der Waals surface area contributed by atoms with Gasteiger partial charge in [0.2, 0.25) is 10.0 Å². The van der Waals surface area contributed by atoms with Crippen LogP contribution in [-0.4, -0.2) is 21.0 Å². The van der Waals surface area contributed by atoms with E-state index in [4.69, 9.17) is 17.3 Å². The standard InChI is InChI=1S/C13H21ClN2O2S/c1-3-4-5-11(9-15)16-19(17,18)12-7-6-10(2)13(14)8-12/h6-8,11,16H,3-5,9,15H2,1-2H3. The first kappa shape index (κ1) is 16.4. The van der Waals surface area contributed by atoms with Gasteiger partial charge in [-0.2, -0.15) is 0 Å². The molecule has 19 heavy (non-hydrogen) atoms. The smallest absolute Gasteiger partial charge is 0.240 e. The van der Waals surface area contributed by atoms with Crippen molar-refractivity contribution in [2.75, 3.05) is 6.54 Å². The van der Waals surface area contributed by atoms with Gasteiger partial charge in [0.1, 0.15) is 0 Å². The molecule has 1 aromatic carbocycles. The molecule has 1 unspecified atom stereocenters. The predicted molar refractivity (Wildman–Crippen MR) is 78.9 cm³/mol. The van der Waals surface area contributed by atoms with Gasteiger partial charge in [0.05, 0.1) is 4.90 Å². The molecule has 0 bridgehead atoms. The maximum absolute atomic E-state index is 12.2. The van der Waals surface area contributed by atoms with E-state index in [-0.39, 0.29) is 10.9 Å². The molecule has 0 aliphatic carbocycles. The summed E-state index contributed by atoms with van der Waals surface area (Å²) in [6.07, 6.45) is 2.69. The first-order valence-corrected chi connectivity index (χ1v) is 8.25. The minimum atomic E-state index is -3.56. The Hall–Kier alpha value is -0.620. The fraction of sp³-hybridized carbons (Fsp3) is 0.538. The van der Waals surface area contributed by atoms with Crippen molar-refractivity contribution in [3.63, 3.8) is 0 Å². The van der Waals surface area contributed by atoms with Crippen molar-refractivity contribution in [1.29, 1.82) is 0 Å². The molecule has 0 saturated carbocycles. The highest BCUT2D eigenvalue weighted by Crippen LogP contribution is 2.20. The van der Waals surface area contributed by atoms with Gasteiger partial charge in [0.15, 0.2) is 0 Å². The summed E-state index contributed by atoms with van der Waals surface area (Å²) >= 11 is 5.96. The Morgan fingerprint density at radius 1 is 1.42 bits per heavy atom. The lowest BCUT2D eigenvalue weighted by atomic mass is 10.1. The van der Waals surface area contributed by atoms with Gasteiger partial charge in [0.25, 0.3) is 0 Å². The van der Waals surface area contributed by atoms with Crippen LogP contribution in [0.3, 0.4) is 0 Å². The second kappa shape index (κ2) is 7.24. The van der Waals surface area contributed by atoms with E-state index in [1.54, 1.807) is 12.1 Å². The number of nitrogens with one attached hydrogen (secondary N) is 1. The number of sulfonamides is 1. The van der Waals surface area contributed by atoms with Gasteiger partial charge in [-0.3, -0.25) is 0 Å². The summed E-state index contributed by atoms with van der Waals surface area (Å²) in [7, 11) is -3.56. The molecule has 0 aliphatic heterocycles. The van der Waals surface area contributed by atoms with E-state index in [2.05, 4.69) is 11.6 Å². The largest absolute Gasteiger partial charge is 0.329 e. The quantitative estimate of drug-likeness (QED) is 0.812. The van der Waals surface area contributed by atoms with E-state index in [1.165, 1.54) is 6.07 Å². The number of nitrogens with two attached hydrogens (primary N) is 1. The van der Waals surface area contributed by atoms with Gasteiger partial charge in [-0.15, -0.1) is 0 Å². The lowest BCUT2D eigenvalue weighted by Crippen LogP contribution is -2.40. The minimum Gasteiger partial charge on any atom is -0.329 e.